The molecular formula is C33H26Cl2N4O3S2. The smallest absolute Gasteiger partial charge is 0.272 e. The van der Waals surface area contributed by atoms with E-state index in [0.717, 1.165) is 15.1 Å². The van der Waals surface area contributed by atoms with E-state index in [-0.39, 0.29) is 16.9 Å². The molecule has 0 aliphatic carbocycles. The van der Waals surface area contributed by atoms with Gasteiger partial charge in [0.2, 0.25) is 5.91 Å². The van der Waals surface area contributed by atoms with Gasteiger partial charge in [-0.05, 0) is 72.7 Å². The number of carbonyl (C=O) groups is 3. The molecule has 0 fully saturated rings. The third-order valence-corrected chi connectivity index (χ3v) is 9.22. The molecule has 0 spiro atoms. The Morgan fingerprint density at radius 3 is 2.43 bits per heavy atom. The number of thioether (sulfide) groups is 1. The van der Waals surface area contributed by atoms with Gasteiger partial charge in [0.15, 0.2) is 5.13 Å². The zero-order valence-corrected chi connectivity index (χ0v) is 26.5. The molecule has 0 bridgehead atoms. The van der Waals surface area contributed by atoms with E-state index in [4.69, 9.17) is 23.2 Å². The Morgan fingerprint density at radius 2 is 1.68 bits per heavy atom. The molecule has 1 unspecified atom stereocenters. The topological polar surface area (TPSA) is 100 Å². The van der Waals surface area contributed by atoms with Crippen molar-refractivity contribution < 1.29 is 14.4 Å². The van der Waals surface area contributed by atoms with Gasteiger partial charge in [-0.3, -0.25) is 14.4 Å². The molecule has 222 valence electrons. The van der Waals surface area contributed by atoms with Crippen molar-refractivity contribution in [2.24, 2.45) is 0 Å². The predicted octanol–water partition coefficient (Wildman–Crippen LogP) is 8.52. The summed E-state index contributed by atoms with van der Waals surface area (Å²) in [6.45, 7) is 1.94. The van der Waals surface area contributed by atoms with Crippen LogP contribution in [0.25, 0.3) is 16.3 Å². The summed E-state index contributed by atoms with van der Waals surface area (Å²) in [5.74, 6) is -1.16. The zero-order valence-electron chi connectivity index (χ0n) is 23.3. The number of nitrogens with one attached hydrogen (secondary N) is 3. The van der Waals surface area contributed by atoms with Crippen LogP contribution in [0.5, 0.6) is 0 Å². The van der Waals surface area contributed by atoms with Gasteiger partial charge in [0.1, 0.15) is 5.70 Å². The Hall–Kier alpha value is -4.15. The number of para-hydroxylation sites is 1. The molecule has 0 radical (unpaired) electrons. The SMILES string of the molecule is CCC(Sc1cccc(NC(=O)/C(=C\c2ccc(Cl)cc2Cl)NC(=O)c2ccccc2)c1)C(=O)Nc1nc2ccccc2s1. The average molecular weight is 662 g/mol. The molecule has 0 saturated heterocycles. The van der Waals surface area contributed by atoms with Gasteiger partial charge in [-0.1, -0.05) is 83.9 Å². The fraction of sp³-hybridized carbons (Fsp3) is 0.0909. The molecule has 3 N–H and O–H groups in total. The second-order valence-corrected chi connectivity index (χ2v) is 12.7. The highest BCUT2D eigenvalue weighted by Gasteiger charge is 2.21. The Kier molecular flexibility index (Phi) is 10.3. The van der Waals surface area contributed by atoms with E-state index < -0.39 is 11.8 Å². The second-order valence-electron chi connectivity index (χ2n) is 9.52. The Labute approximate surface area is 272 Å². The molecule has 11 heteroatoms. The number of rotatable bonds is 10. The number of fused-ring (bicyclic) bond motifs is 1. The largest absolute Gasteiger partial charge is 0.321 e. The summed E-state index contributed by atoms with van der Waals surface area (Å²) < 4.78 is 0.999. The van der Waals surface area contributed by atoms with E-state index in [1.54, 1.807) is 66.7 Å². The van der Waals surface area contributed by atoms with Gasteiger partial charge in [0.05, 0.1) is 15.5 Å². The first kappa shape index (κ1) is 31.3. The first-order valence-electron chi connectivity index (χ1n) is 13.6. The Bertz CT molecular complexity index is 1830. The maximum Gasteiger partial charge on any atom is 0.272 e. The number of amides is 3. The molecule has 1 aromatic heterocycles. The lowest BCUT2D eigenvalue weighted by atomic mass is 10.1. The third kappa shape index (κ3) is 8.06. The normalized spacial score (nSPS) is 12.0. The monoisotopic (exact) mass is 660 g/mol. The van der Waals surface area contributed by atoms with E-state index in [1.807, 2.05) is 37.3 Å². The molecule has 1 heterocycles. The number of aromatic nitrogens is 1. The van der Waals surface area contributed by atoms with Crippen molar-refractivity contribution in [1.82, 2.24) is 10.3 Å². The molecule has 0 saturated carbocycles. The lowest BCUT2D eigenvalue weighted by Crippen LogP contribution is -2.30. The number of benzene rings is 4. The highest BCUT2D eigenvalue weighted by atomic mass is 35.5. The maximum atomic E-state index is 13.5. The molecule has 5 rings (SSSR count). The van der Waals surface area contributed by atoms with E-state index >= 15 is 0 Å². The number of hydrogen-bond donors (Lipinski definition) is 3. The minimum Gasteiger partial charge on any atom is -0.321 e. The summed E-state index contributed by atoms with van der Waals surface area (Å²) in [7, 11) is 0. The molecule has 5 aromatic rings. The summed E-state index contributed by atoms with van der Waals surface area (Å²) in [6.07, 6.45) is 2.07. The minimum atomic E-state index is -0.553. The Morgan fingerprint density at radius 1 is 0.909 bits per heavy atom. The molecule has 0 aliphatic heterocycles. The van der Waals surface area contributed by atoms with E-state index in [2.05, 4.69) is 20.9 Å². The van der Waals surface area contributed by atoms with E-state index in [0.29, 0.717) is 38.4 Å². The molecule has 4 aromatic carbocycles. The number of carbonyl (C=O) groups excluding carboxylic acids is 3. The van der Waals surface area contributed by atoms with Crippen molar-refractivity contribution in [2.45, 2.75) is 23.5 Å². The van der Waals surface area contributed by atoms with Crippen LogP contribution in [0.1, 0.15) is 29.3 Å². The van der Waals surface area contributed by atoms with Crippen LogP contribution in [0, 0.1) is 0 Å². The fourth-order valence-electron chi connectivity index (χ4n) is 4.16. The van der Waals surface area contributed by atoms with Gasteiger partial charge in [0, 0.05) is 26.2 Å². The van der Waals surface area contributed by atoms with Crippen LogP contribution in [0.3, 0.4) is 0 Å². The van der Waals surface area contributed by atoms with Crippen molar-refractivity contribution in [3.8, 4) is 0 Å². The van der Waals surface area contributed by atoms with Crippen molar-refractivity contribution in [2.75, 3.05) is 10.6 Å². The summed E-state index contributed by atoms with van der Waals surface area (Å²) in [5, 5.41) is 9.42. The lowest BCUT2D eigenvalue weighted by molar-refractivity contribution is -0.116. The van der Waals surface area contributed by atoms with Crippen LogP contribution in [0.2, 0.25) is 10.0 Å². The van der Waals surface area contributed by atoms with Crippen molar-refractivity contribution in [3.63, 3.8) is 0 Å². The average Bonchev–Trinajstić information content (AvgIpc) is 3.43. The minimum absolute atomic E-state index is 0.0113. The van der Waals surface area contributed by atoms with Crippen LogP contribution in [-0.2, 0) is 9.59 Å². The van der Waals surface area contributed by atoms with Crippen molar-refractivity contribution in [1.29, 1.82) is 0 Å². The Balaban J connectivity index is 1.31. The van der Waals surface area contributed by atoms with Crippen LogP contribution in [0.15, 0.2) is 108 Å². The first-order chi connectivity index (χ1) is 21.3. The number of thiazole rings is 1. The second kappa shape index (κ2) is 14.5. The molecule has 1 atom stereocenters. The van der Waals surface area contributed by atoms with Gasteiger partial charge >= 0.3 is 0 Å². The summed E-state index contributed by atoms with van der Waals surface area (Å²) >= 11 is 15.2. The number of nitrogens with zero attached hydrogens (tertiary/aromatic N) is 1. The van der Waals surface area contributed by atoms with Crippen molar-refractivity contribution >= 4 is 91.1 Å². The highest BCUT2D eigenvalue weighted by Crippen LogP contribution is 2.31. The standard InChI is InChI=1S/C33H26Cl2N4O3S2/c1-2-28(32(42)39-33-38-26-13-6-7-14-29(26)44-33)43-24-12-8-11-23(19-24)36-31(41)27(17-21-15-16-22(34)18-25(21)35)37-30(40)20-9-4-3-5-10-20/h3-19,28H,2H2,1H3,(H,36,41)(H,37,40)(H,38,39,42)/b27-17+. The summed E-state index contributed by atoms with van der Waals surface area (Å²) in [5.41, 5.74) is 2.21. The van der Waals surface area contributed by atoms with Gasteiger partial charge in [-0.2, -0.15) is 0 Å². The molecule has 44 heavy (non-hydrogen) atoms. The highest BCUT2D eigenvalue weighted by molar-refractivity contribution is 8.00. The van der Waals surface area contributed by atoms with Gasteiger partial charge < -0.3 is 16.0 Å². The summed E-state index contributed by atoms with van der Waals surface area (Å²) in [6, 6.07) is 28.3. The summed E-state index contributed by atoms with van der Waals surface area (Å²) in [4.78, 5) is 44.9. The van der Waals surface area contributed by atoms with Crippen LogP contribution < -0.4 is 16.0 Å². The van der Waals surface area contributed by atoms with Gasteiger partial charge in [-0.15, -0.1) is 11.8 Å². The first-order valence-corrected chi connectivity index (χ1v) is 16.0. The van der Waals surface area contributed by atoms with E-state index in [1.165, 1.54) is 29.2 Å². The number of hydrogen-bond acceptors (Lipinski definition) is 6. The van der Waals surface area contributed by atoms with E-state index in [9.17, 15) is 14.4 Å². The quantitative estimate of drug-likeness (QED) is 0.103. The van der Waals surface area contributed by atoms with Crippen LogP contribution >= 0.6 is 46.3 Å². The van der Waals surface area contributed by atoms with Crippen LogP contribution in [0.4, 0.5) is 10.8 Å². The molecule has 7 nitrogen and oxygen atoms in total. The third-order valence-electron chi connectivity index (χ3n) is 6.35. The fourth-order valence-corrected chi connectivity index (χ4v) is 6.51. The maximum absolute atomic E-state index is 13.5. The molecule has 3 amide bonds. The van der Waals surface area contributed by atoms with Gasteiger partial charge in [0.25, 0.3) is 11.8 Å². The zero-order chi connectivity index (χ0) is 31.1. The number of anilines is 2. The van der Waals surface area contributed by atoms with Gasteiger partial charge in [-0.25, -0.2) is 4.98 Å². The van der Waals surface area contributed by atoms with Crippen molar-refractivity contribution in [3.05, 3.63) is 124 Å². The lowest BCUT2D eigenvalue weighted by Gasteiger charge is -2.15. The number of halogens is 2. The predicted molar refractivity (Wildman–Crippen MR) is 182 cm³/mol. The molecular weight excluding hydrogens is 635 g/mol. The van der Waals surface area contributed by atoms with Crippen LogP contribution in [-0.4, -0.2) is 28.0 Å². The molecule has 0 aliphatic rings.